The number of anilines is 1. The fourth-order valence-electron chi connectivity index (χ4n) is 2.35. The van der Waals surface area contributed by atoms with E-state index in [4.69, 9.17) is 10.5 Å². The Morgan fingerprint density at radius 1 is 1.40 bits per heavy atom. The largest absolute Gasteiger partial charge is 0.495 e. The van der Waals surface area contributed by atoms with Crippen LogP contribution in [0.15, 0.2) is 18.2 Å². The molecule has 5 heteroatoms. The smallest absolute Gasteiger partial charge is 0.256 e. The third kappa shape index (κ3) is 3.42. The van der Waals surface area contributed by atoms with Crippen LogP contribution in [0.1, 0.15) is 37.0 Å². The lowest BCUT2D eigenvalue weighted by atomic mass is 10.1. The number of carbonyl (C=O) groups excluding carboxylic acids is 1. The number of hydrogen-bond donors (Lipinski definition) is 2. The van der Waals surface area contributed by atoms with Crippen LogP contribution >= 0.6 is 0 Å². The lowest BCUT2D eigenvalue weighted by Gasteiger charge is -2.30. The van der Waals surface area contributed by atoms with E-state index < -0.39 is 0 Å². The average Bonchev–Trinajstić information content (AvgIpc) is 2.47. The first-order valence-corrected chi connectivity index (χ1v) is 6.94. The predicted octanol–water partition coefficient (Wildman–Crippen LogP) is 1.90. The van der Waals surface area contributed by atoms with Crippen LogP contribution in [0.2, 0.25) is 0 Å². The Morgan fingerprint density at radius 2 is 2.05 bits per heavy atom. The molecule has 0 heterocycles. The zero-order valence-electron chi connectivity index (χ0n) is 12.4. The first-order valence-electron chi connectivity index (χ1n) is 6.94. The SMILES string of the molecule is CCC(CC)N(CCO)C(=O)c1cccc(OC)c1N. The van der Waals surface area contributed by atoms with E-state index in [1.165, 1.54) is 7.11 Å². The highest BCUT2D eigenvalue weighted by atomic mass is 16.5. The van der Waals surface area contributed by atoms with Gasteiger partial charge in [0.2, 0.25) is 0 Å². The van der Waals surface area contributed by atoms with Crippen molar-refractivity contribution in [2.75, 3.05) is 26.0 Å². The van der Waals surface area contributed by atoms with Gasteiger partial charge < -0.3 is 20.5 Å². The number of aliphatic hydroxyl groups excluding tert-OH is 1. The quantitative estimate of drug-likeness (QED) is 0.748. The van der Waals surface area contributed by atoms with Crippen molar-refractivity contribution in [3.05, 3.63) is 23.8 Å². The standard InChI is InChI=1S/C15H24N2O3/c1-4-11(5-2)17(9-10-18)15(19)12-7-6-8-13(20-3)14(12)16/h6-8,11,18H,4-5,9-10,16H2,1-3H3. The van der Waals surface area contributed by atoms with E-state index in [9.17, 15) is 9.90 Å². The Labute approximate surface area is 120 Å². The van der Waals surface area contributed by atoms with E-state index in [0.29, 0.717) is 23.5 Å². The molecule has 1 rings (SSSR count). The van der Waals surface area contributed by atoms with Crippen molar-refractivity contribution in [3.63, 3.8) is 0 Å². The Bertz CT molecular complexity index is 445. The summed E-state index contributed by atoms with van der Waals surface area (Å²) >= 11 is 0. The van der Waals surface area contributed by atoms with Gasteiger partial charge in [-0.2, -0.15) is 0 Å². The third-order valence-electron chi connectivity index (χ3n) is 3.50. The highest BCUT2D eigenvalue weighted by molar-refractivity contribution is 6.00. The van der Waals surface area contributed by atoms with E-state index >= 15 is 0 Å². The molecule has 0 aliphatic rings. The van der Waals surface area contributed by atoms with Gasteiger partial charge >= 0.3 is 0 Å². The molecule has 1 aromatic carbocycles. The van der Waals surface area contributed by atoms with E-state index in [2.05, 4.69) is 0 Å². The van der Waals surface area contributed by atoms with Crippen molar-refractivity contribution < 1.29 is 14.6 Å². The van der Waals surface area contributed by atoms with Crippen molar-refractivity contribution >= 4 is 11.6 Å². The molecular weight excluding hydrogens is 256 g/mol. The minimum absolute atomic E-state index is 0.0634. The molecule has 0 bridgehead atoms. The molecule has 5 nitrogen and oxygen atoms in total. The summed E-state index contributed by atoms with van der Waals surface area (Å²) in [7, 11) is 1.52. The normalized spacial score (nSPS) is 10.7. The van der Waals surface area contributed by atoms with Crippen molar-refractivity contribution in [1.29, 1.82) is 0 Å². The first-order chi connectivity index (χ1) is 9.60. The first kappa shape index (κ1) is 16.3. The van der Waals surface area contributed by atoms with Gasteiger partial charge in [0.15, 0.2) is 0 Å². The maximum absolute atomic E-state index is 12.7. The molecule has 0 aliphatic carbocycles. The summed E-state index contributed by atoms with van der Waals surface area (Å²) in [5.74, 6) is 0.327. The van der Waals surface area contributed by atoms with Gasteiger partial charge in [0, 0.05) is 12.6 Å². The van der Waals surface area contributed by atoms with Crippen LogP contribution in [0.5, 0.6) is 5.75 Å². The minimum atomic E-state index is -0.163. The van der Waals surface area contributed by atoms with Gasteiger partial charge in [0.1, 0.15) is 5.75 Å². The fourth-order valence-corrected chi connectivity index (χ4v) is 2.35. The maximum atomic E-state index is 12.7. The molecule has 0 fully saturated rings. The topological polar surface area (TPSA) is 75.8 Å². The average molecular weight is 280 g/mol. The van der Waals surface area contributed by atoms with Gasteiger partial charge in [-0.25, -0.2) is 0 Å². The van der Waals surface area contributed by atoms with Crippen LogP contribution in [-0.2, 0) is 0 Å². The molecule has 0 atom stereocenters. The molecule has 0 aliphatic heterocycles. The number of rotatable bonds is 7. The molecule has 0 aromatic heterocycles. The molecule has 0 saturated carbocycles. The van der Waals surface area contributed by atoms with Crippen LogP contribution in [0, 0.1) is 0 Å². The molecule has 1 amide bonds. The Hall–Kier alpha value is -1.75. The summed E-state index contributed by atoms with van der Waals surface area (Å²) < 4.78 is 5.14. The third-order valence-corrected chi connectivity index (χ3v) is 3.50. The number of nitrogens with two attached hydrogens (primary N) is 1. The minimum Gasteiger partial charge on any atom is -0.495 e. The second-order valence-electron chi connectivity index (χ2n) is 4.61. The number of nitrogen functional groups attached to an aromatic ring is 1. The number of nitrogens with zero attached hydrogens (tertiary/aromatic N) is 1. The van der Waals surface area contributed by atoms with Crippen LogP contribution in [-0.4, -0.2) is 42.2 Å². The molecule has 0 spiro atoms. The van der Waals surface area contributed by atoms with Crippen molar-refractivity contribution in [2.24, 2.45) is 0 Å². The summed E-state index contributed by atoms with van der Waals surface area (Å²) in [6.07, 6.45) is 1.68. The van der Waals surface area contributed by atoms with E-state index in [0.717, 1.165) is 12.8 Å². The highest BCUT2D eigenvalue weighted by Crippen LogP contribution is 2.26. The molecule has 20 heavy (non-hydrogen) atoms. The Balaban J connectivity index is 3.12. The molecular formula is C15H24N2O3. The van der Waals surface area contributed by atoms with Crippen LogP contribution in [0.3, 0.4) is 0 Å². The van der Waals surface area contributed by atoms with Gasteiger partial charge in [-0.05, 0) is 25.0 Å². The molecule has 0 saturated heterocycles. The van der Waals surface area contributed by atoms with E-state index in [-0.39, 0.29) is 18.6 Å². The predicted molar refractivity (Wildman–Crippen MR) is 79.9 cm³/mol. The lowest BCUT2D eigenvalue weighted by Crippen LogP contribution is -2.41. The summed E-state index contributed by atoms with van der Waals surface area (Å²) in [5.41, 5.74) is 6.74. The monoisotopic (exact) mass is 280 g/mol. The lowest BCUT2D eigenvalue weighted by molar-refractivity contribution is 0.0623. The van der Waals surface area contributed by atoms with E-state index in [1.54, 1.807) is 23.1 Å². The summed E-state index contributed by atoms with van der Waals surface area (Å²) in [4.78, 5) is 14.3. The van der Waals surface area contributed by atoms with Gasteiger partial charge in [-0.3, -0.25) is 4.79 Å². The summed E-state index contributed by atoms with van der Waals surface area (Å²) in [6.45, 7) is 4.30. The Morgan fingerprint density at radius 3 is 2.55 bits per heavy atom. The van der Waals surface area contributed by atoms with Crippen molar-refractivity contribution in [3.8, 4) is 5.75 Å². The number of benzene rings is 1. The summed E-state index contributed by atoms with van der Waals surface area (Å²) in [6, 6.07) is 5.25. The second-order valence-corrected chi connectivity index (χ2v) is 4.61. The van der Waals surface area contributed by atoms with Crippen molar-refractivity contribution in [1.82, 2.24) is 4.90 Å². The Kier molecular flexibility index (Phi) is 6.31. The molecule has 0 unspecified atom stereocenters. The number of aliphatic hydroxyl groups is 1. The van der Waals surface area contributed by atoms with Crippen molar-refractivity contribution in [2.45, 2.75) is 32.7 Å². The maximum Gasteiger partial charge on any atom is 0.256 e. The molecule has 0 radical (unpaired) electrons. The number of para-hydroxylation sites is 1. The summed E-state index contributed by atoms with van der Waals surface area (Å²) in [5, 5.41) is 9.19. The van der Waals surface area contributed by atoms with Gasteiger partial charge in [0.05, 0.1) is 25.0 Å². The highest BCUT2D eigenvalue weighted by Gasteiger charge is 2.24. The number of amides is 1. The number of carbonyl (C=O) groups is 1. The molecule has 3 N–H and O–H groups in total. The van der Waals surface area contributed by atoms with Crippen LogP contribution < -0.4 is 10.5 Å². The number of hydrogen-bond acceptors (Lipinski definition) is 4. The van der Waals surface area contributed by atoms with Gasteiger partial charge in [-0.15, -0.1) is 0 Å². The van der Waals surface area contributed by atoms with Gasteiger partial charge in [-0.1, -0.05) is 19.9 Å². The second kappa shape index (κ2) is 7.75. The van der Waals surface area contributed by atoms with Crippen LogP contribution in [0.4, 0.5) is 5.69 Å². The van der Waals surface area contributed by atoms with Crippen LogP contribution in [0.25, 0.3) is 0 Å². The molecule has 112 valence electrons. The van der Waals surface area contributed by atoms with E-state index in [1.807, 2.05) is 13.8 Å². The zero-order valence-corrected chi connectivity index (χ0v) is 12.4. The zero-order chi connectivity index (χ0) is 15.1. The number of methoxy groups -OCH3 is 1. The molecule has 1 aromatic rings. The fraction of sp³-hybridized carbons (Fsp3) is 0.533. The van der Waals surface area contributed by atoms with Gasteiger partial charge in [0.25, 0.3) is 5.91 Å². The number of ether oxygens (including phenoxy) is 1.